The zero-order chi connectivity index (χ0) is 14.9. The molecule has 0 saturated heterocycles. The molecule has 1 aliphatic rings. The molecule has 2 aromatic carbocycles. The van der Waals surface area contributed by atoms with Crippen LogP contribution >= 0.6 is 0 Å². The Kier molecular flexibility index (Phi) is 3.80. The highest BCUT2D eigenvalue weighted by Crippen LogP contribution is 2.22. The number of rotatable bonds is 4. The maximum Gasteiger partial charge on any atom is 0.241 e. The SMILES string of the molecule is CC(NS(=O)(=O)c1ccc2c(c1)CNC2)c1ccccc1. The van der Waals surface area contributed by atoms with Gasteiger partial charge in [0.05, 0.1) is 4.90 Å². The van der Waals surface area contributed by atoms with Crippen molar-refractivity contribution in [3.8, 4) is 0 Å². The van der Waals surface area contributed by atoms with Gasteiger partial charge in [-0.2, -0.15) is 0 Å². The third-order valence-corrected chi connectivity index (χ3v) is 5.29. The molecule has 0 amide bonds. The van der Waals surface area contributed by atoms with Crippen molar-refractivity contribution in [2.45, 2.75) is 31.0 Å². The van der Waals surface area contributed by atoms with Crippen LogP contribution in [0.3, 0.4) is 0 Å². The van der Waals surface area contributed by atoms with Crippen molar-refractivity contribution in [1.29, 1.82) is 0 Å². The van der Waals surface area contributed by atoms with Gasteiger partial charge < -0.3 is 5.32 Å². The van der Waals surface area contributed by atoms with E-state index in [2.05, 4.69) is 10.0 Å². The fraction of sp³-hybridized carbons (Fsp3) is 0.250. The maximum atomic E-state index is 12.5. The summed E-state index contributed by atoms with van der Waals surface area (Å²) in [6, 6.07) is 14.6. The minimum Gasteiger partial charge on any atom is -0.309 e. The predicted octanol–water partition coefficient (Wildman–Crippen LogP) is 2.33. The van der Waals surface area contributed by atoms with Crippen LogP contribution < -0.4 is 10.0 Å². The molecule has 0 saturated carbocycles. The number of benzene rings is 2. The fourth-order valence-electron chi connectivity index (χ4n) is 2.55. The summed E-state index contributed by atoms with van der Waals surface area (Å²) in [6.45, 7) is 3.39. The molecule has 1 heterocycles. The molecule has 2 aromatic rings. The third-order valence-electron chi connectivity index (χ3n) is 3.75. The lowest BCUT2D eigenvalue weighted by molar-refractivity contribution is 0.567. The van der Waals surface area contributed by atoms with Gasteiger partial charge >= 0.3 is 0 Å². The predicted molar refractivity (Wildman–Crippen MR) is 82.2 cm³/mol. The molecule has 4 nitrogen and oxygen atoms in total. The lowest BCUT2D eigenvalue weighted by Gasteiger charge is -2.15. The fourth-order valence-corrected chi connectivity index (χ4v) is 3.83. The molecule has 110 valence electrons. The largest absolute Gasteiger partial charge is 0.309 e. The van der Waals surface area contributed by atoms with Crippen molar-refractivity contribution in [3.63, 3.8) is 0 Å². The van der Waals surface area contributed by atoms with Crippen molar-refractivity contribution in [3.05, 3.63) is 65.2 Å². The Morgan fingerprint density at radius 1 is 1.05 bits per heavy atom. The first-order chi connectivity index (χ1) is 10.1. The summed E-state index contributed by atoms with van der Waals surface area (Å²) in [6.07, 6.45) is 0. The number of fused-ring (bicyclic) bond motifs is 1. The quantitative estimate of drug-likeness (QED) is 0.911. The molecule has 0 radical (unpaired) electrons. The van der Waals surface area contributed by atoms with Crippen molar-refractivity contribution in [2.24, 2.45) is 0 Å². The van der Waals surface area contributed by atoms with E-state index in [9.17, 15) is 8.42 Å². The van der Waals surface area contributed by atoms with E-state index < -0.39 is 10.0 Å². The summed E-state index contributed by atoms with van der Waals surface area (Å²) in [4.78, 5) is 0.327. The average Bonchev–Trinajstić information content (AvgIpc) is 2.95. The van der Waals surface area contributed by atoms with Gasteiger partial charge in [-0.05, 0) is 35.7 Å². The molecule has 2 N–H and O–H groups in total. The lowest BCUT2D eigenvalue weighted by Crippen LogP contribution is -2.27. The number of hydrogen-bond acceptors (Lipinski definition) is 3. The van der Waals surface area contributed by atoms with E-state index in [1.54, 1.807) is 12.1 Å². The zero-order valence-corrected chi connectivity index (χ0v) is 12.7. The Labute approximate surface area is 125 Å². The van der Waals surface area contributed by atoms with Crippen molar-refractivity contribution in [2.75, 3.05) is 0 Å². The summed E-state index contributed by atoms with van der Waals surface area (Å²) in [5.41, 5.74) is 3.18. The van der Waals surface area contributed by atoms with E-state index >= 15 is 0 Å². The van der Waals surface area contributed by atoms with Gasteiger partial charge in [0, 0.05) is 19.1 Å². The van der Waals surface area contributed by atoms with Crippen LogP contribution in [0.1, 0.15) is 29.7 Å². The highest BCUT2D eigenvalue weighted by Gasteiger charge is 2.20. The van der Waals surface area contributed by atoms with Gasteiger partial charge in [-0.25, -0.2) is 13.1 Å². The van der Waals surface area contributed by atoms with Gasteiger partial charge in [0.2, 0.25) is 10.0 Å². The molecule has 21 heavy (non-hydrogen) atoms. The minimum atomic E-state index is -3.51. The molecular formula is C16H18N2O2S. The van der Waals surface area contributed by atoms with E-state index in [0.29, 0.717) is 4.90 Å². The number of hydrogen-bond donors (Lipinski definition) is 2. The second-order valence-corrected chi connectivity index (χ2v) is 7.00. The standard InChI is InChI=1S/C16H18N2O2S/c1-12(13-5-3-2-4-6-13)18-21(19,20)16-8-7-14-10-17-11-15(14)9-16/h2-9,12,17-18H,10-11H2,1H3. The molecule has 1 unspecified atom stereocenters. The van der Waals surface area contributed by atoms with Crippen molar-refractivity contribution >= 4 is 10.0 Å². The first kappa shape index (κ1) is 14.3. The molecule has 1 aliphatic heterocycles. The van der Waals surface area contributed by atoms with Crippen LogP contribution in [0.4, 0.5) is 0 Å². The topological polar surface area (TPSA) is 58.2 Å². The third kappa shape index (κ3) is 3.00. The van der Waals surface area contributed by atoms with Gasteiger partial charge in [0.15, 0.2) is 0 Å². The normalized spacial score (nSPS) is 15.7. The van der Waals surface area contributed by atoms with Crippen LogP contribution in [-0.2, 0) is 23.1 Å². The van der Waals surface area contributed by atoms with E-state index in [4.69, 9.17) is 0 Å². The van der Waals surface area contributed by atoms with Crippen molar-refractivity contribution < 1.29 is 8.42 Å². The summed E-state index contributed by atoms with van der Waals surface area (Å²) < 4.78 is 27.7. The second-order valence-electron chi connectivity index (χ2n) is 5.29. The summed E-state index contributed by atoms with van der Waals surface area (Å²) in [7, 11) is -3.51. The summed E-state index contributed by atoms with van der Waals surface area (Å²) >= 11 is 0. The van der Waals surface area contributed by atoms with Crippen LogP contribution in [0.5, 0.6) is 0 Å². The molecule has 3 rings (SSSR count). The van der Waals surface area contributed by atoms with Crippen LogP contribution in [0.2, 0.25) is 0 Å². The van der Waals surface area contributed by atoms with Gasteiger partial charge in [0.1, 0.15) is 0 Å². The highest BCUT2D eigenvalue weighted by atomic mass is 32.2. The van der Waals surface area contributed by atoms with Crippen LogP contribution in [0.25, 0.3) is 0 Å². The molecule has 0 aliphatic carbocycles. The molecule has 1 atom stereocenters. The first-order valence-corrected chi connectivity index (χ1v) is 8.44. The minimum absolute atomic E-state index is 0.262. The maximum absolute atomic E-state index is 12.5. The van der Waals surface area contributed by atoms with Gasteiger partial charge in [-0.1, -0.05) is 36.4 Å². The molecule has 0 fully saturated rings. The van der Waals surface area contributed by atoms with Crippen LogP contribution in [0.15, 0.2) is 53.4 Å². The monoisotopic (exact) mass is 302 g/mol. The smallest absolute Gasteiger partial charge is 0.241 e. The Bertz CT molecular complexity index is 742. The van der Waals surface area contributed by atoms with E-state index in [1.807, 2.05) is 43.3 Å². The zero-order valence-electron chi connectivity index (χ0n) is 11.8. The Hall–Kier alpha value is -1.69. The molecular weight excluding hydrogens is 284 g/mol. The summed E-state index contributed by atoms with van der Waals surface area (Å²) in [5.74, 6) is 0. The Morgan fingerprint density at radius 3 is 2.52 bits per heavy atom. The number of sulfonamides is 1. The first-order valence-electron chi connectivity index (χ1n) is 6.96. The van der Waals surface area contributed by atoms with Gasteiger partial charge in [-0.3, -0.25) is 0 Å². The van der Waals surface area contributed by atoms with Gasteiger partial charge in [0.25, 0.3) is 0 Å². The van der Waals surface area contributed by atoms with Crippen LogP contribution in [-0.4, -0.2) is 8.42 Å². The van der Waals surface area contributed by atoms with Crippen LogP contribution in [0, 0.1) is 0 Å². The average molecular weight is 302 g/mol. The Balaban J connectivity index is 1.84. The molecule has 0 bridgehead atoms. The van der Waals surface area contributed by atoms with E-state index in [1.165, 1.54) is 5.56 Å². The molecule has 5 heteroatoms. The van der Waals surface area contributed by atoms with Gasteiger partial charge in [-0.15, -0.1) is 0 Å². The molecule has 0 spiro atoms. The lowest BCUT2D eigenvalue weighted by atomic mass is 10.1. The highest BCUT2D eigenvalue weighted by molar-refractivity contribution is 7.89. The second kappa shape index (κ2) is 5.60. The Morgan fingerprint density at radius 2 is 1.76 bits per heavy atom. The molecule has 0 aromatic heterocycles. The van der Waals surface area contributed by atoms with Crippen molar-refractivity contribution in [1.82, 2.24) is 10.0 Å². The van der Waals surface area contributed by atoms with E-state index in [0.717, 1.165) is 24.2 Å². The number of nitrogens with one attached hydrogen (secondary N) is 2. The van der Waals surface area contributed by atoms with E-state index in [-0.39, 0.29) is 6.04 Å². The summed E-state index contributed by atoms with van der Waals surface area (Å²) in [5, 5.41) is 3.22.